The highest BCUT2D eigenvalue weighted by molar-refractivity contribution is 7.89. The average Bonchev–Trinajstić information content (AvgIpc) is 3.18. The first-order valence-electron chi connectivity index (χ1n) is 8.88. The van der Waals surface area contributed by atoms with E-state index in [2.05, 4.69) is 15.1 Å². The third-order valence-corrected chi connectivity index (χ3v) is 6.79. The lowest BCUT2D eigenvalue weighted by Crippen LogP contribution is -2.48. The normalized spacial score (nSPS) is 16.3. The Bertz CT molecular complexity index is 1030. The summed E-state index contributed by atoms with van der Waals surface area (Å²) in [5, 5.41) is 8.71. The van der Waals surface area contributed by atoms with Gasteiger partial charge in [-0.3, -0.25) is 4.90 Å². The molecule has 0 atom stereocenters. The molecule has 0 saturated carbocycles. The Balaban J connectivity index is 1.37. The second kappa shape index (κ2) is 8.00. The molecule has 7 nitrogen and oxygen atoms in total. The molecule has 0 bridgehead atoms. The fourth-order valence-corrected chi connectivity index (χ4v) is 4.64. The molecule has 2 aromatic carbocycles. The molecule has 146 valence electrons. The quantitative estimate of drug-likeness (QED) is 0.633. The molecule has 3 aromatic rings. The van der Waals surface area contributed by atoms with Crippen LogP contribution in [0.1, 0.15) is 5.89 Å². The lowest BCUT2D eigenvalue weighted by atomic mass is 10.2. The van der Waals surface area contributed by atoms with Crippen molar-refractivity contribution in [1.82, 2.24) is 19.4 Å². The van der Waals surface area contributed by atoms with Gasteiger partial charge >= 0.3 is 0 Å². The second-order valence-electron chi connectivity index (χ2n) is 6.50. The summed E-state index contributed by atoms with van der Waals surface area (Å²) in [5.41, 5.74) is 0.875. The molecule has 0 amide bonds. The molecule has 1 saturated heterocycles. The number of piperazine rings is 1. The van der Waals surface area contributed by atoms with Crippen LogP contribution in [0.4, 0.5) is 0 Å². The molecule has 0 aliphatic carbocycles. The largest absolute Gasteiger partial charge is 0.419 e. The predicted molar refractivity (Wildman–Crippen MR) is 105 cm³/mol. The molecular weight excluding hydrogens is 400 g/mol. The molecule has 1 aromatic heterocycles. The van der Waals surface area contributed by atoms with Crippen LogP contribution < -0.4 is 0 Å². The summed E-state index contributed by atoms with van der Waals surface area (Å²) in [6, 6.07) is 15.8. The Hall–Kier alpha value is -2.26. The third-order valence-electron chi connectivity index (χ3n) is 4.63. The van der Waals surface area contributed by atoms with Crippen LogP contribution in [0, 0.1) is 0 Å². The molecule has 28 heavy (non-hydrogen) atoms. The van der Waals surface area contributed by atoms with Gasteiger partial charge in [0.25, 0.3) is 0 Å². The average molecular weight is 419 g/mol. The zero-order valence-corrected chi connectivity index (χ0v) is 16.6. The number of benzene rings is 2. The minimum atomic E-state index is -3.51. The van der Waals surface area contributed by atoms with Gasteiger partial charge in [0.2, 0.25) is 21.8 Å². The van der Waals surface area contributed by atoms with Gasteiger partial charge in [-0.05, 0) is 36.4 Å². The maximum atomic E-state index is 12.7. The fraction of sp³-hybridized carbons (Fsp3) is 0.263. The topological polar surface area (TPSA) is 79.5 Å². The van der Waals surface area contributed by atoms with Gasteiger partial charge in [0.1, 0.15) is 0 Å². The SMILES string of the molecule is O=S(=O)(c1ccc(Cl)cc1)N1CCN(Cc2nnc(-c3ccccc3)o2)CC1. The summed E-state index contributed by atoms with van der Waals surface area (Å²) in [5.74, 6) is 1.01. The van der Waals surface area contributed by atoms with Crippen LogP contribution in [0.25, 0.3) is 11.5 Å². The van der Waals surface area contributed by atoms with E-state index in [0.717, 1.165) is 5.56 Å². The molecule has 1 aliphatic heterocycles. The Morgan fingerprint density at radius 3 is 2.29 bits per heavy atom. The highest BCUT2D eigenvalue weighted by Crippen LogP contribution is 2.21. The van der Waals surface area contributed by atoms with E-state index >= 15 is 0 Å². The standard InChI is InChI=1S/C19H19ClN4O3S/c20-16-6-8-17(9-7-16)28(25,26)24-12-10-23(11-13-24)14-18-21-22-19(27-18)15-4-2-1-3-5-15/h1-9H,10-14H2. The maximum absolute atomic E-state index is 12.7. The van der Waals surface area contributed by atoms with Crippen LogP contribution in [-0.4, -0.2) is 54.0 Å². The summed E-state index contributed by atoms with van der Waals surface area (Å²) in [6.07, 6.45) is 0. The van der Waals surface area contributed by atoms with Crippen molar-refractivity contribution in [3.05, 3.63) is 65.5 Å². The van der Waals surface area contributed by atoms with Gasteiger partial charge in [0, 0.05) is 36.8 Å². The van der Waals surface area contributed by atoms with Crippen LogP contribution in [0.15, 0.2) is 63.9 Å². The fourth-order valence-electron chi connectivity index (χ4n) is 3.09. The number of nitrogens with zero attached hydrogens (tertiary/aromatic N) is 4. The molecule has 2 heterocycles. The van der Waals surface area contributed by atoms with Crippen LogP contribution in [-0.2, 0) is 16.6 Å². The van der Waals surface area contributed by atoms with Gasteiger partial charge in [-0.1, -0.05) is 29.8 Å². The van der Waals surface area contributed by atoms with E-state index < -0.39 is 10.0 Å². The Morgan fingerprint density at radius 1 is 0.929 bits per heavy atom. The third kappa shape index (κ3) is 4.10. The highest BCUT2D eigenvalue weighted by atomic mass is 35.5. The Morgan fingerprint density at radius 2 is 1.61 bits per heavy atom. The first-order valence-corrected chi connectivity index (χ1v) is 10.7. The number of hydrogen-bond donors (Lipinski definition) is 0. The number of aromatic nitrogens is 2. The smallest absolute Gasteiger partial charge is 0.247 e. The molecule has 9 heteroatoms. The van der Waals surface area contributed by atoms with Crippen LogP contribution in [0.3, 0.4) is 0 Å². The van der Waals surface area contributed by atoms with E-state index in [1.807, 2.05) is 30.3 Å². The minimum Gasteiger partial charge on any atom is -0.419 e. The van der Waals surface area contributed by atoms with Gasteiger partial charge < -0.3 is 4.42 Å². The molecule has 0 radical (unpaired) electrons. The van der Waals surface area contributed by atoms with Gasteiger partial charge in [0.05, 0.1) is 11.4 Å². The van der Waals surface area contributed by atoms with Crippen molar-refractivity contribution in [3.63, 3.8) is 0 Å². The van der Waals surface area contributed by atoms with Crippen molar-refractivity contribution in [2.24, 2.45) is 0 Å². The van der Waals surface area contributed by atoms with Crippen molar-refractivity contribution in [2.75, 3.05) is 26.2 Å². The summed E-state index contributed by atoms with van der Waals surface area (Å²) >= 11 is 5.85. The summed E-state index contributed by atoms with van der Waals surface area (Å²) < 4.78 is 32.7. The van der Waals surface area contributed by atoms with Crippen molar-refractivity contribution < 1.29 is 12.8 Å². The number of halogens is 1. The van der Waals surface area contributed by atoms with E-state index in [9.17, 15) is 8.42 Å². The lowest BCUT2D eigenvalue weighted by molar-refractivity contribution is 0.168. The van der Waals surface area contributed by atoms with Crippen molar-refractivity contribution in [2.45, 2.75) is 11.4 Å². The van der Waals surface area contributed by atoms with Gasteiger partial charge in [-0.2, -0.15) is 4.31 Å². The minimum absolute atomic E-state index is 0.259. The Kier molecular flexibility index (Phi) is 5.45. The van der Waals surface area contributed by atoms with Crippen molar-refractivity contribution in [1.29, 1.82) is 0 Å². The molecule has 1 fully saturated rings. The van der Waals surface area contributed by atoms with Crippen LogP contribution in [0.2, 0.25) is 5.02 Å². The lowest BCUT2D eigenvalue weighted by Gasteiger charge is -2.33. The van der Waals surface area contributed by atoms with Crippen LogP contribution in [0.5, 0.6) is 0 Å². The molecule has 0 N–H and O–H groups in total. The van der Waals surface area contributed by atoms with E-state index in [1.54, 1.807) is 12.1 Å². The first-order chi connectivity index (χ1) is 13.5. The molecule has 1 aliphatic rings. The predicted octanol–water partition coefficient (Wildman–Crippen LogP) is 2.90. The second-order valence-corrected chi connectivity index (χ2v) is 8.88. The van der Waals surface area contributed by atoms with Gasteiger partial charge in [-0.25, -0.2) is 8.42 Å². The zero-order valence-electron chi connectivity index (χ0n) is 15.0. The summed E-state index contributed by atoms with van der Waals surface area (Å²) in [4.78, 5) is 2.37. The van der Waals surface area contributed by atoms with E-state index in [4.69, 9.17) is 16.0 Å². The summed E-state index contributed by atoms with van der Waals surface area (Å²) in [7, 11) is -3.51. The Labute approximate surface area is 168 Å². The van der Waals surface area contributed by atoms with E-state index in [-0.39, 0.29) is 4.90 Å². The van der Waals surface area contributed by atoms with Gasteiger partial charge in [-0.15, -0.1) is 10.2 Å². The highest BCUT2D eigenvalue weighted by Gasteiger charge is 2.29. The molecule has 0 unspecified atom stereocenters. The maximum Gasteiger partial charge on any atom is 0.247 e. The summed E-state index contributed by atoms with van der Waals surface area (Å²) in [6.45, 7) is 2.50. The number of sulfonamides is 1. The molecule has 4 rings (SSSR count). The molecule has 0 spiro atoms. The first kappa shape index (κ1) is 19.1. The number of hydrogen-bond acceptors (Lipinski definition) is 6. The number of rotatable bonds is 5. The van der Waals surface area contributed by atoms with Crippen molar-refractivity contribution >= 4 is 21.6 Å². The van der Waals surface area contributed by atoms with E-state index in [1.165, 1.54) is 16.4 Å². The monoisotopic (exact) mass is 418 g/mol. The van der Waals surface area contributed by atoms with Crippen molar-refractivity contribution in [3.8, 4) is 11.5 Å². The van der Waals surface area contributed by atoms with Gasteiger partial charge in [0.15, 0.2) is 0 Å². The van der Waals surface area contributed by atoms with E-state index in [0.29, 0.717) is 49.5 Å². The van der Waals surface area contributed by atoms with Crippen LogP contribution >= 0.6 is 11.6 Å². The molecular formula is C19H19ClN4O3S. The zero-order chi connectivity index (χ0) is 19.6.